The Balaban J connectivity index is 2.01. The second-order valence-corrected chi connectivity index (χ2v) is 5.53. The van der Waals surface area contributed by atoms with Gasteiger partial charge in [0.1, 0.15) is 11.4 Å². The molecule has 0 bridgehead atoms. The number of amidine groups is 1. The van der Waals surface area contributed by atoms with Gasteiger partial charge in [-0.05, 0) is 33.6 Å². The maximum absolute atomic E-state index is 12.0. The molecule has 5 nitrogen and oxygen atoms in total. The lowest BCUT2D eigenvalue weighted by molar-refractivity contribution is 0.0264. The molecule has 2 aliphatic heterocycles. The Kier molecular flexibility index (Phi) is 3.26. The van der Waals surface area contributed by atoms with Gasteiger partial charge in [-0.3, -0.25) is 9.89 Å². The Labute approximate surface area is 102 Å². The highest BCUT2D eigenvalue weighted by Crippen LogP contribution is 2.22. The fourth-order valence-electron chi connectivity index (χ4n) is 2.23. The van der Waals surface area contributed by atoms with Gasteiger partial charge in [0.2, 0.25) is 0 Å². The van der Waals surface area contributed by atoms with E-state index >= 15 is 0 Å². The summed E-state index contributed by atoms with van der Waals surface area (Å²) in [6.45, 7) is 8.13. The first kappa shape index (κ1) is 12.2. The van der Waals surface area contributed by atoms with Crippen molar-refractivity contribution < 1.29 is 9.53 Å². The van der Waals surface area contributed by atoms with Gasteiger partial charge in [-0.15, -0.1) is 0 Å². The highest BCUT2D eigenvalue weighted by atomic mass is 16.6. The second-order valence-electron chi connectivity index (χ2n) is 5.53. The Morgan fingerprint density at radius 3 is 2.88 bits per heavy atom. The van der Waals surface area contributed by atoms with Gasteiger partial charge < -0.3 is 10.1 Å². The van der Waals surface area contributed by atoms with E-state index in [1.165, 1.54) is 0 Å². The first-order valence-electron chi connectivity index (χ1n) is 6.25. The fourth-order valence-corrected chi connectivity index (χ4v) is 2.23. The Bertz CT molecular complexity index is 333. The summed E-state index contributed by atoms with van der Waals surface area (Å²) in [6.07, 6.45) is 1.77. The van der Waals surface area contributed by atoms with Crippen LogP contribution in [0.2, 0.25) is 0 Å². The van der Waals surface area contributed by atoms with Crippen LogP contribution in [-0.4, -0.2) is 48.1 Å². The SMILES string of the molecule is CC(C)(C)OC(=O)N1CCCC1C1=NCCN1. The second kappa shape index (κ2) is 4.55. The van der Waals surface area contributed by atoms with E-state index in [0.29, 0.717) is 0 Å². The fraction of sp³-hybridized carbons (Fsp3) is 0.833. The van der Waals surface area contributed by atoms with Crippen molar-refractivity contribution in [3.05, 3.63) is 0 Å². The zero-order chi connectivity index (χ0) is 12.5. The van der Waals surface area contributed by atoms with Gasteiger partial charge in [0, 0.05) is 13.1 Å². The predicted octanol–water partition coefficient (Wildman–Crippen LogP) is 1.39. The van der Waals surface area contributed by atoms with Crippen molar-refractivity contribution in [3.63, 3.8) is 0 Å². The summed E-state index contributed by atoms with van der Waals surface area (Å²) in [4.78, 5) is 18.2. The van der Waals surface area contributed by atoms with Crippen LogP contribution in [0.15, 0.2) is 4.99 Å². The van der Waals surface area contributed by atoms with Crippen LogP contribution in [0.5, 0.6) is 0 Å². The van der Waals surface area contributed by atoms with Gasteiger partial charge in [-0.2, -0.15) is 0 Å². The average Bonchev–Trinajstić information content (AvgIpc) is 2.85. The van der Waals surface area contributed by atoms with E-state index in [2.05, 4.69) is 10.3 Å². The number of amides is 1. The lowest BCUT2D eigenvalue weighted by Gasteiger charge is -2.28. The van der Waals surface area contributed by atoms with Crippen LogP contribution < -0.4 is 5.32 Å². The molecule has 1 fully saturated rings. The molecule has 0 aliphatic carbocycles. The lowest BCUT2D eigenvalue weighted by atomic mass is 10.2. The molecule has 2 aliphatic rings. The summed E-state index contributed by atoms with van der Waals surface area (Å²) in [5.74, 6) is 0.952. The first-order valence-corrected chi connectivity index (χ1v) is 6.25. The van der Waals surface area contributed by atoms with Crippen molar-refractivity contribution in [3.8, 4) is 0 Å². The van der Waals surface area contributed by atoms with E-state index in [4.69, 9.17) is 4.74 Å². The van der Waals surface area contributed by atoms with Gasteiger partial charge in [-0.1, -0.05) is 0 Å². The molecule has 0 radical (unpaired) electrons. The van der Waals surface area contributed by atoms with Gasteiger partial charge in [-0.25, -0.2) is 4.79 Å². The third-order valence-corrected chi connectivity index (χ3v) is 2.90. The highest BCUT2D eigenvalue weighted by Gasteiger charge is 2.35. The standard InChI is InChI=1S/C12H21N3O2/c1-12(2,3)17-11(16)15-8-4-5-9(15)10-13-6-7-14-10/h9H,4-8H2,1-3H3,(H,13,14). The Morgan fingerprint density at radius 1 is 1.53 bits per heavy atom. The number of nitrogens with one attached hydrogen (secondary N) is 1. The maximum Gasteiger partial charge on any atom is 0.410 e. The molecule has 0 spiro atoms. The number of carbonyl (C=O) groups excluding carboxylic acids is 1. The number of hydrogen-bond donors (Lipinski definition) is 1. The van der Waals surface area contributed by atoms with Gasteiger partial charge in [0.05, 0.1) is 12.6 Å². The smallest absolute Gasteiger partial charge is 0.410 e. The summed E-state index contributed by atoms with van der Waals surface area (Å²) in [6, 6.07) is 0.0901. The molecule has 1 amide bonds. The summed E-state index contributed by atoms with van der Waals surface area (Å²) in [5, 5.41) is 3.25. The van der Waals surface area contributed by atoms with E-state index in [0.717, 1.165) is 38.3 Å². The quantitative estimate of drug-likeness (QED) is 0.752. The number of ether oxygens (including phenoxy) is 1. The van der Waals surface area contributed by atoms with Crippen molar-refractivity contribution in [2.24, 2.45) is 4.99 Å². The van der Waals surface area contributed by atoms with Crippen molar-refractivity contribution in [1.29, 1.82) is 0 Å². The predicted molar refractivity (Wildman–Crippen MR) is 66.3 cm³/mol. The molecule has 0 aromatic carbocycles. The zero-order valence-corrected chi connectivity index (χ0v) is 10.8. The van der Waals surface area contributed by atoms with E-state index in [-0.39, 0.29) is 12.1 Å². The normalized spacial score (nSPS) is 24.5. The van der Waals surface area contributed by atoms with E-state index < -0.39 is 5.60 Å². The van der Waals surface area contributed by atoms with E-state index in [1.54, 1.807) is 4.90 Å². The Morgan fingerprint density at radius 2 is 2.29 bits per heavy atom. The largest absolute Gasteiger partial charge is 0.444 e. The number of likely N-dealkylation sites (tertiary alicyclic amines) is 1. The van der Waals surface area contributed by atoms with Gasteiger partial charge >= 0.3 is 6.09 Å². The van der Waals surface area contributed by atoms with Crippen molar-refractivity contribution >= 4 is 11.9 Å². The molecule has 0 saturated carbocycles. The number of aliphatic imine (C=N–C) groups is 1. The van der Waals surface area contributed by atoms with Crippen LogP contribution in [0, 0.1) is 0 Å². The van der Waals surface area contributed by atoms with Crippen LogP contribution in [0.25, 0.3) is 0 Å². The number of nitrogens with zero attached hydrogens (tertiary/aromatic N) is 2. The molecule has 1 saturated heterocycles. The summed E-state index contributed by atoms with van der Waals surface area (Å²) >= 11 is 0. The molecule has 17 heavy (non-hydrogen) atoms. The average molecular weight is 239 g/mol. The first-order chi connectivity index (χ1) is 7.97. The lowest BCUT2D eigenvalue weighted by Crippen LogP contribution is -2.46. The van der Waals surface area contributed by atoms with Crippen molar-refractivity contribution in [2.75, 3.05) is 19.6 Å². The van der Waals surface area contributed by atoms with Gasteiger partial charge in [0.25, 0.3) is 0 Å². The Hall–Kier alpha value is -1.26. The minimum absolute atomic E-state index is 0.0901. The molecule has 0 aromatic rings. The summed E-state index contributed by atoms with van der Waals surface area (Å²) < 4.78 is 5.42. The molecule has 2 heterocycles. The highest BCUT2D eigenvalue weighted by molar-refractivity contribution is 5.91. The van der Waals surface area contributed by atoms with E-state index in [1.807, 2.05) is 20.8 Å². The van der Waals surface area contributed by atoms with Crippen LogP contribution in [0.4, 0.5) is 4.79 Å². The van der Waals surface area contributed by atoms with Crippen LogP contribution in [0.1, 0.15) is 33.6 Å². The summed E-state index contributed by atoms with van der Waals surface area (Å²) in [5.41, 5.74) is -0.435. The third-order valence-electron chi connectivity index (χ3n) is 2.90. The van der Waals surface area contributed by atoms with Crippen LogP contribution >= 0.6 is 0 Å². The van der Waals surface area contributed by atoms with Gasteiger partial charge in [0.15, 0.2) is 0 Å². The zero-order valence-electron chi connectivity index (χ0n) is 10.8. The summed E-state index contributed by atoms with van der Waals surface area (Å²) in [7, 11) is 0. The topological polar surface area (TPSA) is 53.9 Å². The molecule has 1 unspecified atom stereocenters. The van der Waals surface area contributed by atoms with Crippen molar-refractivity contribution in [2.45, 2.75) is 45.3 Å². The molecule has 2 rings (SSSR count). The minimum Gasteiger partial charge on any atom is -0.444 e. The van der Waals surface area contributed by atoms with Crippen LogP contribution in [-0.2, 0) is 4.74 Å². The monoisotopic (exact) mass is 239 g/mol. The van der Waals surface area contributed by atoms with Crippen molar-refractivity contribution in [1.82, 2.24) is 10.2 Å². The molecular formula is C12H21N3O2. The van der Waals surface area contributed by atoms with Crippen LogP contribution in [0.3, 0.4) is 0 Å². The molecule has 0 aromatic heterocycles. The number of hydrogen-bond acceptors (Lipinski definition) is 4. The maximum atomic E-state index is 12.0. The number of carbonyl (C=O) groups is 1. The van der Waals surface area contributed by atoms with E-state index in [9.17, 15) is 4.79 Å². The third kappa shape index (κ3) is 2.90. The molecule has 5 heteroatoms. The number of rotatable bonds is 1. The molecular weight excluding hydrogens is 218 g/mol. The molecule has 96 valence electrons. The molecule has 1 N–H and O–H groups in total. The molecule has 1 atom stereocenters. The minimum atomic E-state index is -0.435.